The molecule has 6 nitrogen and oxygen atoms in total. The van der Waals surface area contributed by atoms with Crippen molar-refractivity contribution in [3.63, 3.8) is 0 Å². The Hall–Kier alpha value is -1.43. The first-order valence-electron chi connectivity index (χ1n) is 6.36. The van der Waals surface area contributed by atoms with E-state index in [1.54, 1.807) is 6.92 Å². The number of nitrogens with zero attached hydrogens (tertiary/aromatic N) is 1. The molecule has 2 rings (SSSR count). The lowest BCUT2D eigenvalue weighted by Crippen LogP contribution is -2.72. The zero-order valence-corrected chi connectivity index (χ0v) is 10.8. The Balaban J connectivity index is 2.14. The summed E-state index contributed by atoms with van der Waals surface area (Å²) >= 11 is 0. The first-order valence-corrected chi connectivity index (χ1v) is 6.36. The van der Waals surface area contributed by atoms with Gasteiger partial charge in [0.1, 0.15) is 0 Å². The lowest BCUT2D eigenvalue weighted by Gasteiger charge is -2.39. The lowest BCUT2D eigenvalue weighted by molar-refractivity contribution is -0.145. The molecule has 0 spiro atoms. The Morgan fingerprint density at radius 3 is 2.44 bits per heavy atom. The van der Waals surface area contributed by atoms with Crippen LogP contribution in [0.1, 0.15) is 39.0 Å². The summed E-state index contributed by atoms with van der Waals surface area (Å²) in [5.74, 6) is -1.04. The van der Waals surface area contributed by atoms with Crippen molar-refractivity contribution in [2.75, 3.05) is 7.05 Å². The second kappa shape index (κ2) is 4.68. The van der Waals surface area contributed by atoms with Crippen LogP contribution in [-0.2, 0) is 9.59 Å². The van der Waals surface area contributed by atoms with Gasteiger partial charge in [-0.3, -0.25) is 25.1 Å². The molecule has 18 heavy (non-hydrogen) atoms. The van der Waals surface area contributed by atoms with Gasteiger partial charge in [-0.2, -0.15) is 0 Å². The second-order valence-electron chi connectivity index (χ2n) is 5.23. The van der Waals surface area contributed by atoms with E-state index in [1.807, 2.05) is 0 Å². The summed E-state index contributed by atoms with van der Waals surface area (Å²) < 4.78 is 0. The molecule has 1 saturated heterocycles. The Morgan fingerprint density at radius 1 is 1.22 bits per heavy atom. The van der Waals surface area contributed by atoms with Crippen LogP contribution in [0, 0.1) is 0 Å². The molecule has 2 N–H and O–H groups in total. The maximum atomic E-state index is 12.1. The predicted molar refractivity (Wildman–Crippen MR) is 64.7 cm³/mol. The zero-order chi connectivity index (χ0) is 13.3. The van der Waals surface area contributed by atoms with E-state index in [-0.39, 0.29) is 6.04 Å². The van der Waals surface area contributed by atoms with Gasteiger partial charge in [0.25, 0.3) is 11.8 Å². The van der Waals surface area contributed by atoms with Crippen molar-refractivity contribution in [3.8, 4) is 0 Å². The van der Waals surface area contributed by atoms with Gasteiger partial charge in [-0.15, -0.1) is 0 Å². The molecule has 1 aliphatic heterocycles. The average Bonchev–Trinajstić information content (AvgIpc) is 2.36. The number of likely N-dealkylation sites (N-methyl/N-ethyl adjacent to an activating group) is 1. The Morgan fingerprint density at radius 2 is 1.83 bits per heavy atom. The number of carbonyl (C=O) groups excluding carboxylic acids is 3. The minimum atomic E-state index is -1.33. The number of imide groups is 2. The van der Waals surface area contributed by atoms with Crippen molar-refractivity contribution in [1.82, 2.24) is 15.5 Å². The third kappa shape index (κ3) is 2.12. The van der Waals surface area contributed by atoms with Crippen molar-refractivity contribution in [2.24, 2.45) is 0 Å². The summed E-state index contributed by atoms with van der Waals surface area (Å²) in [5, 5.41) is 5.33. The first-order chi connectivity index (χ1) is 8.45. The molecule has 1 heterocycles. The monoisotopic (exact) mass is 253 g/mol. The van der Waals surface area contributed by atoms with Gasteiger partial charge >= 0.3 is 6.03 Å². The summed E-state index contributed by atoms with van der Waals surface area (Å²) in [6.07, 6.45) is 5.35. The van der Waals surface area contributed by atoms with Crippen LogP contribution in [0.3, 0.4) is 0 Å². The number of barbiturate groups is 1. The SMILES string of the molecule is CN1C(=O)NC(=O)C(C)(NC2CCCCC2)C1=O. The predicted octanol–water partition coefficient (Wildman–Crippen LogP) is 0.376. The maximum absolute atomic E-state index is 12.1. The number of hydrogen-bond acceptors (Lipinski definition) is 4. The maximum Gasteiger partial charge on any atom is 0.330 e. The van der Waals surface area contributed by atoms with Crippen molar-refractivity contribution in [2.45, 2.75) is 50.6 Å². The van der Waals surface area contributed by atoms with Crippen LogP contribution in [0.2, 0.25) is 0 Å². The average molecular weight is 253 g/mol. The second-order valence-corrected chi connectivity index (χ2v) is 5.23. The molecule has 4 amide bonds. The van der Waals surface area contributed by atoms with E-state index in [2.05, 4.69) is 10.6 Å². The lowest BCUT2D eigenvalue weighted by atomic mass is 9.90. The van der Waals surface area contributed by atoms with Crippen molar-refractivity contribution in [1.29, 1.82) is 0 Å². The van der Waals surface area contributed by atoms with Gasteiger partial charge in [0.2, 0.25) is 0 Å². The van der Waals surface area contributed by atoms with Crippen LogP contribution in [0.5, 0.6) is 0 Å². The Bertz CT molecular complexity index is 390. The highest BCUT2D eigenvalue weighted by atomic mass is 16.2. The van der Waals surface area contributed by atoms with E-state index >= 15 is 0 Å². The Kier molecular flexibility index (Phi) is 3.38. The van der Waals surface area contributed by atoms with Crippen LogP contribution in [0.15, 0.2) is 0 Å². The first kappa shape index (κ1) is 13.0. The van der Waals surface area contributed by atoms with Gasteiger partial charge in [0, 0.05) is 13.1 Å². The molecule has 2 fully saturated rings. The zero-order valence-electron chi connectivity index (χ0n) is 10.8. The third-order valence-electron chi connectivity index (χ3n) is 3.81. The number of urea groups is 1. The Labute approximate surface area is 106 Å². The summed E-state index contributed by atoms with van der Waals surface area (Å²) in [7, 11) is 1.38. The van der Waals surface area contributed by atoms with Gasteiger partial charge < -0.3 is 0 Å². The van der Waals surface area contributed by atoms with Crippen molar-refractivity contribution in [3.05, 3.63) is 0 Å². The van der Waals surface area contributed by atoms with E-state index in [1.165, 1.54) is 13.5 Å². The number of hydrogen-bond donors (Lipinski definition) is 2. The van der Waals surface area contributed by atoms with Crippen molar-refractivity contribution < 1.29 is 14.4 Å². The molecule has 1 aliphatic carbocycles. The molecular formula is C12H19N3O3. The highest BCUT2D eigenvalue weighted by Crippen LogP contribution is 2.22. The standard InChI is InChI=1S/C12H19N3O3/c1-12(14-8-6-4-3-5-7-8)9(16)13-11(18)15(2)10(12)17/h8,14H,3-7H2,1-2H3,(H,13,16,18). The van der Waals surface area contributed by atoms with E-state index in [4.69, 9.17) is 0 Å². The summed E-state index contributed by atoms with van der Waals surface area (Å²) in [6.45, 7) is 1.54. The normalized spacial score (nSPS) is 30.6. The van der Waals surface area contributed by atoms with E-state index in [9.17, 15) is 14.4 Å². The fourth-order valence-electron chi connectivity index (χ4n) is 2.61. The fourth-order valence-corrected chi connectivity index (χ4v) is 2.61. The molecule has 2 aliphatic rings. The molecule has 1 atom stereocenters. The largest absolute Gasteiger partial charge is 0.330 e. The van der Waals surface area contributed by atoms with Gasteiger partial charge in [0.05, 0.1) is 0 Å². The van der Waals surface area contributed by atoms with Crippen LogP contribution in [0.25, 0.3) is 0 Å². The van der Waals surface area contributed by atoms with E-state index in [0.717, 1.165) is 30.6 Å². The number of amides is 4. The molecular weight excluding hydrogens is 234 g/mol. The molecule has 100 valence electrons. The van der Waals surface area contributed by atoms with Crippen molar-refractivity contribution >= 4 is 17.8 Å². The quantitative estimate of drug-likeness (QED) is 0.697. The number of carbonyl (C=O) groups is 3. The summed E-state index contributed by atoms with van der Waals surface area (Å²) in [5.41, 5.74) is -1.33. The van der Waals surface area contributed by atoms with Gasteiger partial charge in [-0.05, 0) is 19.8 Å². The fraction of sp³-hybridized carbons (Fsp3) is 0.750. The smallest absolute Gasteiger partial charge is 0.293 e. The van der Waals surface area contributed by atoms with E-state index < -0.39 is 23.4 Å². The van der Waals surface area contributed by atoms with Crippen LogP contribution >= 0.6 is 0 Å². The van der Waals surface area contributed by atoms with E-state index in [0.29, 0.717) is 0 Å². The molecule has 1 saturated carbocycles. The minimum Gasteiger partial charge on any atom is -0.293 e. The number of nitrogens with one attached hydrogen (secondary N) is 2. The topological polar surface area (TPSA) is 78.5 Å². The highest BCUT2D eigenvalue weighted by molar-refractivity contribution is 6.21. The molecule has 0 radical (unpaired) electrons. The molecule has 1 unspecified atom stereocenters. The molecule has 0 aromatic carbocycles. The molecule has 6 heteroatoms. The molecule has 0 aromatic heterocycles. The van der Waals surface area contributed by atoms with Gasteiger partial charge in [-0.1, -0.05) is 19.3 Å². The van der Waals surface area contributed by atoms with Crippen LogP contribution < -0.4 is 10.6 Å². The summed E-state index contributed by atoms with van der Waals surface area (Å²) in [4.78, 5) is 36.3. The van der Waals surface area contributed by atoms with Crippen LogP contribution in [-0.4, -0.2) is 41.4 Å². The highest BCUT2D eigenvalue weighted by Gasteiger charge is 2.50. The van der Waals surface area contributed by atoms with Gasteiger partial charge in [0.15, 0.2) is 5.54 Å². The molecule has 0 bridgehead atoms. The third-order valence-corrected chi connectivity index (χ3v) is 3.81. The van der Waals surface area contributed by atoms with Crippen LogP contribution in [0.4, 0.5) is 4.79 Å². The van der Waals surface area contributed by atoms with Gasteiger partial charge in [-0.25, -0.2) is 4.79 Å². The summed E-state index contributed by atoms with van der Waals surface area (Å²) in [6, 6.07) is -0.493. The number of rotatable bonds is 2. The minimum absolute atomic E-state index is 0.167. The molecule has 0 aromatic rings.